The number of aromatic nitrogens is 4. The van der Waals surface area contributed by atoms with Gasteiger partial charge in [0.1, 0.15) is 18.2 Å². The second-order valence-corrected chi connectivity index (χ2v) is 17.2. The summed E-state index contributed by atoms with van der Waals surface area (Å²) in [5.74, 6) is -1.85. The third-order valence-electron chi connectivity index (χ3n) is 9.16. The van der Waals surface area contributed by atoms with Gasteiger partial charge in [-0.25, -0.2) is 27.5 Å². The van der Waals surface area contributed by atoms with Gasteiger partial charge in [0.05, 0.1) is 28.8 Å². The highest BCUT2D eigenvalue weighted by molar-refractivity contribution is 7.92. The fourth-order valence-electron chi connectivity index (χ4n) is 6.66. The number of pyridine rings is 2. The largest absolute Gasteiger partial charge is 0.486 e. The van der Waals surface area contributed by atoms with Crippen LogP contribution in [0.4, 0.5) is 29.2 Å². The molecular weight excluding hydrogens is 779 g/mol. The van der Waals surface area contributed by atoms with Crippen molar-refractivity contribution in [3.63, 3.8) is 0 Å². The molecule has 1 atom stereocenters. The number of hydrogen-bond acceptors (Lipinski definition) is 9. The molecule has 0 aliphatic carbocycles. The fourth-order valence-corrected chi connectivity index (χ4v) is 7.78. The van der Waals surface area contributed by atoms with E-state index in [2.05, 4.69) is 20.3 Å². The summed E-state index contributed by atoms with van der Waals surface area (Å²) < 4.78 is 100. The Labute approximate surface area is 334 Å². The first-order valence-electron chi connectivity index (χ1n) is 19.0. The van der Waals surface area contributed by atoms with E-state index in [0.717, 1.165) is 30.5 Å². The second-order valence-electron chi connectivity index (χ2n) is 15.4. The van der Waals surface area contributed by atoms with Crippen LogP contribution in [0, 0.1) is 12.7 Å². The van der Waals surface area contributed by atoms with Crippen LogP contribution in [0.1, 0.15) is 92.3 Å². The number of hydrogen-bond donors (Lipinski definition) is 3. The SMILES string of the molecule is CCCS(=O)(=O)Nc1ncc(C)cc1CNc1nc(-c2cc(F)c(OCc3ccccc3)cc2CC(F)(F)F)cc2c1c(C(=O)NC(C)(C)C)nn2C1CCCCO1. The molecule has 4 heterocycles. The molecule has 3 N–H and O–H groups in total. The van der Waals surface area contributed by atoms with Crippen LogP contribution in [-0.2, 0) is 34.3 Å². The van der Waals surface area contributed by atoms with Crippen LogP contribution in [0.2, 0.25) is 0 Å². The Morgan fingerprint density at radius 2 is 1.79 bits per heavy atom. The first-order chi connectivity index (χ1) is 27.4. The number of rotatable bonds is 14. The van der Waals surface area contributed by atoms with Gasteiger partial charge >= 0.3 is 6.18 Å². The number of ether oxygens (including phenoxy) is 2. The monoisotopic (exact) mass is 825 g/mol. The van der Waals surface area contributed by atoms with Crippen molar-refractivity contribution in [3.8, 4) is 17.0 Å². The van der Waals surface area contributed by atoms with Crippen molar-refractivity contribution >= 4 is 38.5 Å². The Morgan fingerprint density at radius 1 is 1.03 bits per heavy atom. The van der Waals surface area contributed by atoms with Crippen molar-refractivity contribution < 1.29 is 40.2 Å². The molecule has 1 unspecified atom stereocenters. The summed E-state index contributed by atoms with van der Waals surface area (Å²) in [5.41, 5.74) is 0.928. The number of halogens is 4. The van der Waals surface area contributed by atoms with E-state index in [4.69, 9.17) is 19.6 Å². The highest BCUT2D eigenvalue weighted by Gasteiger charge is 2.33. The molecular formula is C41H47F4N7O5S. The van der Waals surface area contributed by atoms with E-state index in [0.29, 0.717) is 36.1 Å². The fraction of sp³-hybridized carbons (Fsp3) is 0.415. The maximum Gasteiger partial charge on any atom is 0.393 e. The topological polar surface area (TPSA) is 149 Å². The summed E-state index contributed by atoms with van der Waals surface area (Å²) in [4.78, 5) is 23.1. The Bertz CT molecular complexity index is 2380. The van der Waals surface area contributed by atoms with Gasteiger partial charge in [-0.2, -0.15) is 18.3 Å². The van der Waals surface area contributed by atoms with Crippen molar-refractivity contribution in [2.75, 3.05) is 22.4 Å². The van der Waals surface area contributed by atoms with Gasteiger partial charge in [0, 0.05) is 36.0 Å². The lowest BCUT2D eigenvalue weighted by atomic mass is 9.99. The molecule has 1 fully saturated rings. The summed E-state index contributed by atoms with van der Waals surface area (Å²) >= 11 is 0. The maximum atomic E-state index is 15.9. The van der Waals surface area contributed by atoms with Crippen molar-refractivity contribution in [3.05, 3.63) is 94.6 Å². The predicted molar refractivity (Wildman–Crippen MR) is 214 cm³/mol. The molecule has 1 aliphatic heterocycles. The minimum Gasteiger partial charge on any atom is -0.486 e. The standard InChI is InChI=1S/C41H47F4N7O5S/c1-6-16-58(54,55)51-37-28(17-25(2)22-46-37)23-47-38-35-32(52(34-14-10-11-15-56-34)50-36(35)39(53)49-40(3,4)5)20-31(48-38)29-19-30(42)33(18-27(29)21-41(43,44)45)57-24-26-12-8-7-9-13-26/h7-9,12-13,17-20,22,34H,6,10-11,14-16,21,23-24H2,1-5H3,(H,46,51)(H,47,48)(H,49,53). The number of anilines is 2. The van der Waals surface area contributed by atoms with E-state index in [1.807, 2.05) is 0 Å². The minimum absolute atomic E-state index is 0.0280. The van der Waals surface area contributed by atoms with E-state index in [1.54, 1.807) is 71.0 Å². The summed E-state index contributed by atoms with van der Waals surface area (Å²) in [7, 11) is -3.75. The molecule has 2 aromatic carbocycles. The van der Waals surface area contributed by atoms with Crippen molar-refractivity contribution in [1.82, 2.24) is 25.1 Å². The quantitative estimate of drug-likeness (QED) is 0.0936. The van der Waals surface area contributed by atoms with E-state index >= 15 is 4.39 Å². The molecule has 17 heteroatoms. The zero-order valence-electron chi connectivity index (χ0n) is 33.0. The van der Waals surface area contributed by atoms with Gasteiger partial charge in [-0.3, -0.25) is 9.52 Å². The van der Waals surface area contributed by atoms with Crippen molar-refractivity contribution in [1.29, 1.82) is 0 Å². The smallest absolute Gasteiger partial charge is 0.393 e. The maximum absolute atomic E-state index is 15.9. The number of nitrogens with one attached hydrogen (secondary N) is 3. The van der Waals surface area contributed by atoms with Gasteiger partial charge < -0.3 is 20.1 Å². The predicted octanol–water partition coefficient (Wildman–Crippen LogP) is 8.62. The number of aryl methyl sites for hydroxylation is 1. The molecule has 0 radical (unpaired) electrons. The van der Waals surface area contributed by atoms with Crippen LogP contribution >= 0.6 is 0 Å². The first kappa shape index (κ1) is 42.3. The van der Waals surface area contributed by atoms with E-state index in [9.17, 15) is 26.4 Å². The summed E-state index contributed by atoms with van der Waals surface area (Å²) in [6.45, 7) is 9.18. The van der Waals surface area contributed by atoms with Gasteiger partial charge in [-0.15, -0.1) is 0 Å². The van der Waals surface area contributed by atoms with Gasteiger partial charge in [-0.05, 0) is 94.3 Å². The molecule has 0 spiro atoms. The number of carbonyl (C=O) groups excluding carboxylic acids is 1. The first-order valence-corrected chi connectivity index (χ1v) is 20.7. The molecule has 1 amide bonds. The molecule has 5 aromatic rings. The van der Waals surface area contributed by atoms with Gasteiger partial charge in [-0.1, -0.05) is 37.3 Å². The van der Waals surface area contributed by atoms with E-state index in [1.165, 1.54) is 16.9 Å². The molecule has 310 valence electrons. The zero-order chi connectivity index (χ0) is 41.8. The van der Waals surface area contributed by atoms with Crippen LogP contribution in [0.3, 0.4) is 0 Å². The Morgan fingerprint density at radius 3 is 2.47 bits per heavy atom. The van der Waals surface area contributed by atoms with Crippen LogP contribution in [0.5, 0.6) is 5.75 Å². The Hall–Kier alpha value is -5.29. The third kappa shape index (κ3) is 10.6. The summed E-state index contributed by atoms with van der Waals surface area (Å²) in [6.07, 6.45) is -2.73. The molecule has 0 saturated carbocycles. The number of nitrogens with zero attached hydrogens (tertiary/aromatic N) is 4. The second kappa shape index (κ2) is 17.3. The van der Waals surface area contributed by atoms with Crippen LogP contribution < -0.4 is 20.1 Å². The van der Waals surface area contributed by atoms with Crippen molar-refractivity contribution in [2.24, 2.45) is 0 Å². The summed E-state index contributed by atoms with van der Waals surface area (Å²) in [5, 5.41) is 11.1. The summed E-state index contributed by atoms with van der Waals surface area (Å²) in [6, 6.07) is 14.0. The van der Waals surface area contributed by atoms with Crippen LogP contribution in [-0.4, -0.2) is 58.1 Å². The molecule has 0 bridgehead atoms. The third-order valence-corrected chi connectivity index (χ3v) is 10.6. The lowest BCUT2D eigenvalue weighted by Gasteiger charge is -2.24. The molecule has 12 nitrogen and oxygen atoms in total. The molecule has 1 aliphatic rings. The highest BCUT2D eigenvalue weighted by atomic mass is 32.2. The average Bonchev–Trinajstić information content (AvgIpc) is 3.54. The molecule has 3 aromatic heterocycles. The number of carbonyl (C=O) groups is 1. The lowest BCUT2D eigenvalue weighted by molar-refractivity contribution is -0.127. The van der Waals surface area contributed by atoms with E-state index < -0.39 is 46.1 Å². The number of fused-ring (bicyclic) bond motifs is 1. The van der Waals surface area contributed by atoms with Crippen LogP contribution in [0.15, 0.2) is 60.8 Å². The van der Waals surface area contributed by atoms with Crippen molar-refractivity contribution in [2.45, 2.75) is 97.8 Å². The Kier molecular flexibility index (Phi) is 12.6. The minimum atomic E-state index is -4.69. The van der Waals surface area contributed by atoms with E-state index in [-0.39, 0.29) is 64.2 Å². The average molecular weight is 826 g/mol. The molecule has 58 heavy (non-hydrogen) atoms. The number of benzene rings is 2. The Balaban J connectivity index is 1.54. The number of alkyl halides is 3. The lowest BCUT2D eigenvalue weighted by Crippen LogP contribution is -2.41. The molecule has 1 saturated heterocycles. The number of amides is 1. The zero-order valence-corrected chi connectivity index (χ0v) is 33.8. The highest BCUT2D eigenvalue weighted by Crippen LogP contribution is 2.39. The van der Waals surface area contributed by atoms with Crippen LogP contribution in [0.25, 0.3) is 22.2 Å². The number of sulfonamides is 1. The molecule has 6 rings (SSSR count). The normalized spacial score (nSPS) is 15.0. The van der Waals surface area contributed by atoms with Gasteiger partial charge in [0.15, 0.2) is 23.5 Å². The van der Waals surface area contributed by atoms with Gasteiger partial charge in [0.25, 0.3) is 5.91 Å². The van der Waals surface area contributed by atoms with Gasteiger partial charge in [0.2, 0.25) is 10.0 Å².